The summed E-state index contributed by atoms with van der Waals surface area (Å²) in [6, 6.07) is 0. The summed E-state index contributed by atoms with van der Waals surface area (Å²) >= 11 is 0. The molecule has 0 rings (SSSR count). The Balaban J connectivity index is -0.00000000600. The normalized spacial score (nSPS) is 3.57. The first-order chi connectivity index (χ1) is 3.46. The van der Waals surface area contributed by atoms with Crippen molar-refractivity contribution in [2.24, 2.45) is 0 Å². The maximum absolute atomic E-state index is 9.00. The molecule has 0 aromatic carbocycles. The van der Waals surface area contributed by atoms with Gasteiger partial charge in [-0.15, -0.1) is 0 Å². The van der Waals surface area contributed by atoms with Crippen LogP contribution in [0.3, 0.4) is 0 Å². The zero-order valence-corrected chi connectivity index (χ0v) is 11.2. The molecule has 0 aromatic heterocycles. The van der Waals surface area contributed by atoms with Crippen LogP contribution in [-0.4, -0.2) is 44.1 Å². The van der Waals surface area contributed by atoms with Gasteiger partial charge in [0.05, 0.1) is 0 Å². The maximum atomic E-state index is 9.00. The number of rotatable bonds is 0. The van der Waals surface area contributed by atoms with E-state index in [2.05, 4.69) is 0 Å². The molecule has 0 fully saturated rings. The number of hydrogen-bond acceptors (Lipinski definition) is 2. The second kappa shape index (κ2) is 51.2. The number of carbonyl (C=O) groups is 2. The fourth-order valence-electron chi connectivity index (χ4n) is 0. The quantitative estimate of drug-likeness (QED) is 0.440. The van der Waals surface area contributed by atoms with Gasteiger partial charge in [-0.25, -0.2) is 0 Å². The van der Waals surface area contributed by atoms with Crippen LogP contribution in [0.1, 0.15) is 13.8 Å². The molecule has 8 nitrogen and oxygen atoms in total. The summed E-state index contributed by atoms with van der Waals surface area (Å²) in [5.74, 6) is -1.67. The van der Waals surface area contributed by atoms with Gasteiger partial charge in [0, 0.05) is 57.1 Å². The number of carboxylic acids is 2. The standard InChI is InChI=1S/2C2H4O2.Mn.4H2O.Zr/c2*1-2(3)4;;;;;;/h2*1H3,(H,3,4);;4*1H2;. The molecule has 1 radical (unpaired) electrons. The molecular formula is C4H16MnO8Zr. The molecule has 91 valence electrons. The van der Waals surface area contributed by atoms with Crippen LogP contribution < -0.4 is 0 Å². The van der Waals surface area contributed by atoms with Crippen molar-refractivity contribution in [2.45, 2.75) is 13.8 Å². The van der Waals surface area contributed by atoms with Crippen molar-refractivity contribution >= 4 is 11.9 Å². The topological polar surface area (TPSA) is 201 Å². The van der Waals surface area contributed by atoms with Crippen LogP contribution in [0, 0.1) is 0 Å². The Labute approximate surface area is 111 Å². The van der Waals surface area contributed by atoms with E-state index in [0.29, 0.717) is 0 Å². The van der Waals surface area contributed by atoms with Gasteiger partial charge in [0.25, 0.3) is 11.9 Å². The molecule has 0 saturated heterocycles. The molecule has 0 aliphatic heterocycles. The minimum atomic E-state index is -0.833. The summed E-state index contributed by atoms with van der Waals surface area (Å²) in [6.45, 7) is 2.17. The molecule has 0 aliphatic rings. The molecule has 10 N–H and O–H groups in total. The summed E-state index contributed by atoms with van der Waals surface area (Å²) in [7, 11) is 0. The van der Waals surface area contributed by atoms with Gasteiger partial charge in [0.15, 0.2) is 0 Å². The Morgan fingerprint density at radius 1 is 0.786 bits per heavy atom. The SMILES string of the molecule is CC(=O)O.CC(=O)O.O.O.O.O.[Mn].[Zr]. The molecule has 0 spiro atoms. The van der Waals surface area contributed by atoms with E-state index in [9.17, 15) is 0 Å². The zero-order valence-electron chi connectivity index (χ0n) is 7.59. The van der Waals surface area contributed by atoms with E-state index < -0.39 is 11.9 Å². The van der Waals surface area contributed by atoms with E-state index in [1.807, 2.05) is 0 Å². The van der Waals surface area contributed by atoms with E-state index in [0.717, 1.165) is 13.8 Å². The molecule has 14 heavy (non-hydrogen) atoms. The molecule has 0 amide bonds. The molecule has 0 unspecified atom stereocenters. The van der Waals surface area contributed by atoms with Gasteiger partial charge in [-0.3, -0.25) is 9.59 Å². The average molecular weight is 338 g/mol. The van der Waals surface area contributed by atoms with Gasteiger partial charge in [-0.05, 0) is 0 Å². The Morgan fingerprint density at radius 2 is 0.786 bits per heavy atom. The van der Waals surface area contributed by atoms with Gasteiger partial charge in [0.2, 0.25) is 0 Å². The van der Waals surface area contributed by atoms with Crippen LogP contribution in [0.15, 0.2) is 0 Å². The van der Waals surface area contributed by atoms with E-state index in [1.54, 1.807) is 0 Å². The Kier molecular flexibility index (Phi) is 236. The summed E-state index contributed by atoms with van der Waals surface area (Å²) in [5.41, 5.74) is 0. The maximum Gasteiger partial charge on any atom is 0.300 e. The molecule has 0 aliphatic carbocycles. The van der Waals surface area contributed by atoms with Crippen molar-refractivity contribution < 1.29 is 85.0 Å². The van der Waals surface area contributed by atoms with Crippen molar-refractivity contribution in [3.05, 3.63) is 0 Å². The van der Waals surface area contributed by atoms with Gasteiger partial charge in [-0.2, -0.15) is 0 Å². The first kappa shape index (κ1) is 64.5. The summed E-state index contributed by atoms with van der Waals surface area (Å²) in [6.07, 6.45) is 0. The number of carboxylic acid groups (broad SMARTS) is 2. The monoisotopic (exact) mass is 337 g/mol. The van der Waals surface area contributed by atoms with Crippen LogP contribution in [0.2, 0.25) is 0 Å². The molecule has 0 bridgehead atoms. The first-order valence-electron chi connectivity index (χ1n) is 1.86. The van der Waals surface area contributed by atoms with E-state index in [1.165, 1.54) is 0 Å². The number of aliphatic carboxylic acids is 2. The molecular weight excluding hydrogens is 322 g/mol. The summed E-state index contributed by atoms with van der Waals surface area (Å²) in [4.78, 5) is 18.0. The van der Waals surface area contributed by atoms with Crippen LogP contribution in [0.25, 0.3) is 0 Å². The zero-order chi connectivity index (χ0) is 7.15. The van der Waals surface area contributed by atoms with Crippen LogP contribution in [-0.2, 0) is 52.9 Å². The Morgan fingerprint density at radius 3 is 0.786 bits per heavy atom. The summed E-state index contributed by atoms with van der Waals surface area (Å²) < 4.78 is 0. The van der Waals surface area contributed by atoms with Gasteiger partial charge < -0.3 is 32.1 Å². The third kappa shape index (κ3) is 45700. The predicted octanol–water partition coefficient (Wildman–Crippen LogP) is -3.12. The third-order valence-electron chi connectivity index (χ3n) is 0. The fourth-order valence-corrected chi connectivity index (χ4v) is 0. The minimum absolute atomic E-state index is 0. The van der Waals surface area contributed by atoms with E-state index in [-0.39, 0.29) is 65.2 Å². The van der Waals surface area contributed by atoms with E-state index in [4.69, 9.17) is 19.8 Å². The second-order valence-corrected chi connectivity index (χ2v) is 1.04. The molecule has 0 heterocycles. The Hall–Kier alpha value is 0.183. The second-order valence-electron chi connectivity index (χ2n) is 1.04. The van der Waals surface area contributed by atoms with Gasteiger partial charge in [-0.1, -0.05) is 0 Å². The van der Waals surface area contributed by atoms with Crippen LogP contribution in [0.5, 0.6) is 0 Å². The summed E-state index contributed by atoms with van der Waals surface area (Å²) in [5, 5.41) is 14.8. The molecule has 0 atom stereocenters. The van der Waals surface area contributed by atoms with Crippen LogP contribution >= 0.6 is 0 Å². The van der Waals surface area contributed by atoms with Gasteiger partial charge >= 0.3 is 0 Å². The van der Waals surface area contributed by atoms with Crippen molar-refractivity contribution in [1.82, 2.24) is 0 Å². The molecule has 0 aromatic rings. The predicted molar refractivity (Wildman–Crippen MR) is 41.1 cm³/mol. The smallest absolute Gasteiger partial charge is 0.300 e. The minimum Gasteiger partial charge on any atom is -0.481 e. The largest absolute Gasteiger partial charge is 0.481 e. The number of hydrogen-bond donors (Lipinski definition) is 2. The Bertz CT molecular complexity index is 79.3. The average Bonchev–Trinajstić information content (AvgIpc) is 1.25. The first-order valence-corrected chi connectivity index (χ1v) is 1.86. The van der Waals surface area contributed by atoms with E-state index >= 15 is 0 Å². The van der Waals surface area contributed by atoms with Crippen molar-refractivity contribution in [3.63, 3.8) is 0 Å². The fraction of sp³-hybridized carbons (Fsp3) is 0.500. The van der Waals surface area contributed by atoms with Crippen molar-refractivity contribution in [2.75, 3.05) is 0 Å². The molecule has 0 saturated carbocycles. The van der Waals surface area contributed by atoms with Gasteiger partial charge in [0.1, 0.15) is 0 Å². The van der Waals surface area contributed by atoms with Crippen molar-refractivity contribution in [3.8, 4) is 0 Å². The van der Waals surface area contributed by atoms with Crippen LogP contribution in [0.4, 0.5) is 0 Å². The molecule has 10 heteroatoms. The van der Waals surface area contributed by atoms with Crippen molar-refractivity contribution in [1.29, 1.82) is 0 Å². The third-order valence-corrected chi connectivity index (χ3v) is 0.